The zero-order valence-corrected chi connectivity index (χ0v) is 18.6. The number of benzene rings is 4. The first-order chi connectivity index (χ1) is 16.3. The summed E-state index contributed by atoms with van der Waals surface area (Å²) in [7, 11) is 0. The Morgan fingerprint density at radius 2 is 1.39 bits per heavy atom. The molecule has 0 spiro atoms. The van der Waals surface area contributed by atoms with Gasteiger partial charge in [0.1, 0.15) is 0 Å². The lowest BCUT2D eigenvalue weighted by atomic mass is 9.94. The predicted octanol–water partition coefficient (Wildman–Crippen LogP) is 8.10. The van der Waals surface area contributed by atoms with Crippen molar-refractivity contribution >= 4 is 27.1 Å². The number of aromatic nitrogens is 2. The van der Waals surface area contributed by atoms with E-state index in [1.54, 1.807) is 0 Å². The third kappa shape index (κ3) is 3.64. The van der Waals surface area contributed by atoms with Crippen LogP contribution in [0.2, 0.25) is 0 Å². The van der Waals surface area contributed by atoms with E-state index in [9.17, 15) is 0 Å². The molecule has 6 rings (SSSR count). The van der Waals surface area contributed by atoms with Crippen molar-refractivity contribution in [2.45, 2.75) is 13.3 Å². The van der Waals surface area contributed by atoms with Gasteiger partial charge in [0.2, 0.25) is 0 Å². The summed E-state index contributed by atoms with van der Waals surface area (Å²) in [6.07, 6.45) is 7.69. The molecular formula is C31H24N2. The first-order valence-electron chi connectivity index (χ1n) is 11.5. The summed E-state index contributed by atoms with van der Waals surface area (Å²) in [6.45, 7) is 2.23. The van der Waals surface area contributed by atoms with Gasteiger partial charge in [-0.3, -0.25) is 0 Å². The number of rotatable bonds is 3. The molecule has 1 unspecified atom stereocenters. The van der Waals surface area contributed by atoms with Crippen LogP contribution in [-0.4, -0.2) is 9.97 Å². The SMILES string of the molecule is CC1C=CC(c2nc(-c3ccccc3)cc(-c3cc4ccccc4c4ccccc34)n2)=CC1. The first-order valence-corrected chi connectivity index (χ1v) is 11.5. The van der Waals surface area contributed by atoms with E-state index in [0.717, 1.165) is 40.3 Å². The van der Waals surface area contributed by atoms with Gasteiger partial charge < -0.3 is 0 Å². The largest absolute Gasteiger partial charge is 0.228 e. The molecule has 1 aliphatic carbocycles. The molecule has 0 N–H and O–H groups in total. The highest BCUT2D eigenvalue weighted by molar-refractivity contribution is 6.13. The van der Waals surface area contributed by atoms with Gasteiger partial charge in [-0.25, -0.2) is 9.97 Å². The van der Waals surface area contributed by atoms with Crippen LogP contribution in [0.5, 0.6) is 0 Å². The van der Waals surface area contributed by atoms with E-state index in [-0.39, 0.29) is 0 Å². The first kappa shape index (κ1) is 19.6. The summed E-state index contributed by atoms with van der Waals surface area (Å²) < 4.78 is 0. The number of hydrogen-bond donors (Lipinski definition) is 0. The lowest BCUT2D eigenvalue weighted by Crippen LogP contribution is -2.02. The Morgan fingerprint density at radius 1 is 0.697 bits per heavy atom. The Morgan fingerprint density at radius 3 is 2.18 bits per heavy atom. The van der Waals surface area contributed by atoms with Crippen molar-refractivity contribution in [2.24, 2.45) is 5.92 Å². The third-order valence-corrected chi connectivity index (χ3v) is 6.41. The molecule has 2 nitrogen and oxygen atoms in total. The summed E-state index contributed by atoms with van der Waals surface area (Å²) in [5, 5.41) is 4.94. The van der Waals surface area contributed by atoms with Gasteiger partial charge in [-0.15, -0.1) is 0 Å². The average molecular weight is 425 g/mol. The van der Waals surface area contributed by atoms with Gasteiger partial charge in [0.05, 0.1) is 11.4 Å². The molecule has 0 radical (unpaired) electrons. The van der Waals surface area contributed by atoms with Crippen molar-refractivity contribution in [1.82, 2.24) is 9.97 Å². The summed E-state index contributed by atoms with van der Waals surface area (Å²) >= 11 is 0. The standard InChI is InChI=1S/C31H24N2/c1-21-15-17-23(18-16-21)31-32-29(22-9-3-2-4-10-22)20-30(33-31)28-19-24-11-5-6-12-25(24)26-13-7-8-14-27(26)28/h2-15,17-21H,16H2,1H3. The van der Waals surface area contributed by atoms with Crippen molar-refractivity contribution in [2.75, 3.05) is 0 Å². The van der Waals surface area contributed by atoms with Gasteiger partial charge in [-0.05, 0) is 46.0 Å². The van der Waals surface area contributed by atoms with Gasteiger partial charge >= 0.3 is 0 Å². The maximum absolute atomic E-state index is 5.10. The van der Waals surface area contributed by atoms with Crippen LogP contribution >= 0.6 is 0 Å². The molecule has 5 aromatic rings. The Labute approximate surface area is 194 Å². The maximum Gasteiger partial charge on any atom is 0.160 e. The van der Waals surface area contributed by atoms with Crippen LogP contribution in [0.1, 0.15) is 19.2 Å². The molecule has 0 saturated carbocycles. The fraction of sp³-hybridized carbons (Fsp3) is 0.0968. The van der Waals surface area contributed by atoms with Crippen molar-refractivity contribution in [3.63, 3.8) is 0 Å². The van der Waals surface area contributed by atoms with Gasteiger partial charge in [-0.2, -0.15) is 0 Å². The van der Waals surface area contributed by atoms with Crippen LogP contribution in [-0.2, 0) is 0 Å². The molecule has 0 fully saturated rings. The zero-order chi connectivity index (χ0) is 22.2. The minimum absolute atomic E-state index is 0.551. The monoisotopic (exact) mass is 424 g/mol. The van der Waals surface area contributed by atoms with Crippen molar-refractivity contribution in [3.05, 3.63) is 115 Å². The van der Waals surface area contributed by atoms with Crippen molar-refractivity contribution < 1.29 is 0 Å². The second-order valence-electron chi connectivity index (χ2n) is 8.75. The Balaban J connectivity index is 1.63. The smallest absolute Gasteiger partial charge is 0.160 e. The fourth-order valence-electron chi connectivity index (χ4n) is 4.63. The van der Waals surface area contributed by atoms with Crippen LogP contribution in [0.3, 0.4) is 0 Å². The van der Waals surface area contributed by atoms with Crippen LogP contribution in [0.25, 0.3) is 49.6 Å². The third-order valence-electron chi connectivity index (χ3n) is 6.41. The molecule has 2 heteroatoms. The number of allylic oxidation sites excluding steroid dienone is 4. The lowest BCUT2D eigenvalue weighted by molar-refractivity contribution is 0.738. The summed E-state index contributed by atoms with van der Waals surface area (Å²) in [4.78, 5) is 10.1. The van der Waals surface area contributed by atoms with Gasteiger partial charge in [0.25, 0.3) is 0 Å². The average Bonchev–Trinajstić information content (AvgIpc) is 2.89. The van der Waals surface area contributed by atoms with E-state index in [1.165, 1.54) is 21.5 Å². The highest BCUT2D eigenvalue weighted by Gasteiger charge is 2.15. The minimum Gasteiger partial charge on any atom is -0.228 e. The second kappa shape index (κ2) is 8.14. The number of hydrogen-bond acceptors (Lipinski definition) is 2. The summed E-state index contributed by atoms with van der Waals surface area (Å²) in [5.74, 6) is 1.33. The highest BCUT2D eigenvalue weighted by Crippen LogP contribution is 2.36. The molecule has 1 heterocycles. The van der Waals surface area contributed by atoms with Gasteiger partial charge in [0, 0.05) is 16.7 Å². The highest BCUT2D eigenvalue weighted by atomic mass is 14.9. The predicted molar refractivity (Wildman–Crippen MR) is 139 cm³/mol. The van der Waals surface area contributed by atoms with Crippen LogP contribution in [0.15, 0.2) is 109 Å². The van der Waals surface area contributed by atoms with Crippen LogP contribution < -0.4 is 0 Å². The second-order valence-corrected chi connectivity index (χ2v) is 8.75. The zero-order valence-electron chi connectivity index (χ0n) is 18.6. The molecule has 4 aromatic carbocycles. The van der Waals surface area contributed by atoms with Crippen molar-refractivity contribution in [3.8, 4) is 22.5 Å². The summed E-state index contributed by atoms with van der Waals surface area (Å²) in [5.41, 5.74) is 5.23. The molecule has 1 aromatic heterocycles. The number of nitrogens with zero attached hydrogens (tertiary/aromatic N) is 2. The van der Waals surface area contributed by atoms with E-state index in [2.05, 4.69) is 110 Å². The molecule has 0 bridgehead atoms. The minimum atomic E-state index is 0.551. The number of fused-ring (bicyclic) bond motifs is 3. The lowest BCUT2D eigenvalue weighted by Gasteiger charge is -2.15. The van der Waals surface area contributed by atoms with E-state index in [0.29, 0.717) is 5.92 Å². The Bertz CT molecular complexity index is 1540. The van der Waals surface area contributed by atoms with Gasteiger partial charge in [0.15, 0.2) is 5.82 Å². The van der Waals surface area contributed by atoms with Gasteiger partial charge in [-0.1, -0.05) is 104 Å². The topological polar surface area (TPSA) is 25.8 Å². The molecule has 0 aliphatic heterocycles. The summed E-state index contributed by atoms with van der Waals surface area (Å²) in [6, 6.07) is 32.0. The normalized spacial score (nSPS) is 15.7. The maximum atomic E-state index is 5.10. The molecule has 0 amide bonds. The fourth-order valence-corrected chi connectivity index (χ4v) is 4.63. The van der Waals surface area contributed by atoms with E-state index >= 15 is 0 Å². The molecule has 0 saturated heterocycles. The molecular weight excluding hydrogens is 400 g/mol. The molecule has 158 valence electrons. The molecule has 1 aliphatic rings. The quantitative estimate of drug-likeness (QED) is 0.273. The van der Waals surface area contributed by atoms with E-state index < -0.39 is 0 Å². The Kier molecular flexibility index (Phi) is 4.84. The molecule has 1 atom stereocenters. The van der Waals surface area contributed by atoms with E-state index in [1.807, 2.05) is 6.07 Å². The Hall–Kier alpha value is -4.04. The van der Waals surface area contributed by atoms with Crippen molar-refractivity contribution in [1.29, 1.82) is 0 Å². The van der Waals surface area contributed by atoms with E-state index in [4.69, 9.17) is 9.97 Å². The van der Waals surface area contributed by atoms with Crippen LogP contribution in [0, 0.1) is 5.92 Å². The van der Waals surface area contributed by atoms with Crippen LogP contribution in [0.4, 0.5) is 0 Å². The molecule has 33 heavy (non-hydrogen) atoms.